The van der Waals surface area contributed by atoms with Gasteiger partial charge in [-0.2, -0.15) is 0 Å². The molecule has 0 bridgehead atoms. The number of phenolic OH excluding ortho intramolecular Hbond substituents is 1. The predicted molar refractivity (Wildman–Crippen MR) is 66.2 cm³/mol. The van der Waals surface area contributed by atoms with Crippen LogP contribution in [0.5, 0.6) is 11.5 Å². The van der Waals surface area contributed by atoms with Gasteiger partial charge in [-0.1, -0.05) is 11.6 Å². The van der Waals surface area contributed by atoms with Crippen molar-refractivity contribution in [1.82, 2.24) is 4.98 Å². The SMILES string of the molecule is CCOc1ccnc2c(O)c([N+](=O)[O-])cc(Cl)c12. The normalized spacial score (nSPS) is 10.6. The monoisotopic (exact) mass is 268 g/mol. The number of nitrogens with zero attached hydrogens (tertiary/aromatic N) is 2. The third-order valence-electron chi connectivity index (χ3n) is 2.38. The highest BCUT2D eigenvalue weighted by molar-refractivity contribution is 6.36. The summed E-state index contributed by atoms with van der Waals surface area (Å²) in [6.07, 6.45) is 1.40. The van der Waals surface area contributed by atoms with Crippen molar-refractivity contribution in [1.29, 1.82) is 0 Å². The van der Waals surface area contributed by atoms with E-state index in [-0.39, 0.29) is 10.5 Å². The van der Waals surface area contributed by atoms with E-state index in [1.165, 1.54) is 6.20 Å². The predicted octanol–water partition coefficient (Wildman–Crippen LogP) is 2.90. The molecule has 0 unspecified atom stereocenters. The maximum absolute atomic E-state index is 10.8. The minimum Gasteiger partial charge on any atom is -0.501 e. The van der Waals surface area contributed by atoms with E-state index in [1.807, 2.05) is 0 Å². The fourth-order valence-corrected chi connectivity index (χ4v) is 1.94. The number of phenols is 1. The maximum Gasteiger partial charge on any atom is 0.314 e. The number of hydrogen-bond acceptors (Lipinski definition) is 5. The van der Waals surface area contributed by atoms with Crippen LogP contribution in [0.25, 0.3) is 10.9 Å². The molecule has 0 fully saturated rings. The smallest absolute Gasteiger partial charge is 0.314 e. The van der Waals surface area contributed by atoms with Crippen LogP contribution >= 0.6 is 11.6 Å². The van der Waals surface area contributed by atoms with Crippen LogP contribution < -0.4 is 4.74 Å². The molecule has 2 aromatic rings. The summed E-state index contributed by atoms with van der Waals surface area (Å²) >= 11 is 5.98. The number of nitro groups is 1. The molecular formula is C11H9ClN2O4. The lowest BCUT2D eigenvalue weighted by Crippen LogP contribution is -1.96. The first-order valence-electron chi connectivity index (χ1n) is 5.13. The van der Waals surface area contributed by atoms with Gasteiger partial charge in [0.15, 0.2) is 0 Å². The summed E-state index contributed by atoms with van der Waals surface area (Å²) in [6, 6.07) is 2.67. The van der Waals surface area contributed by atoms with Gasteiger partial charge in [0.1, 0.15) is 11.3 Å². The van der Waals surface area contributed by atoms with Crippen molar-refractivity contribution in [3.63, 3.8) is 0 Å². The van der Waals surface area contributed by atoms with Crippen LogP contribution in [0.2, 0.25) is 5.02 Å². The Hall–Kier alpha value is -2.08. The van der Waals surface area contributed by atoms with Crippen LogP contribution in [-0.2, 0) is 0 Å². The molecule has 0 saturated carbocycles. The van der Waals surface area contributed by atoms with E-state index in [1.54, 1.807) is 13.0 Å². The molecule has 94 valence electrons. The molecule has 2 rings (SSSR count). The van der Waals surface area contributed by atoms with Gasteiger partial charge in [0.25, 0.3) is 0 Å². The molecule has 0 radical (unpaired) electrons. The van der Waals surface area contributed by atoms with Gasteiger partial charge in [0.05, 0.1) is 21.9 Å². The van der Waals surface area contributed by atoms with E-state index in [0.717, 1.165) is 6.07 Å². The summed E-state index contributed by atoms with van der Waals surface area (Å²) in [5.74, 6) is -0.0846. The van der Waals surface area contributed by atoms with Crippen molar-refractivity contribution in [2.45, 2.75) is 6.92 Å². The zero-order chi connectivity index (χ0) is 13.3. The zero-order valence-electron chi connectivity index (χ0n) is 9.38. The third-order valence-corrected chi connectivity index (χ3v) is 2.68. The zero-order valence-corrected chi connectivity index (χ0v) is 10.1. The van der Waals surface area contributed by atoms with Gasteiger partial charge in [-0.3, -0.25) is 15.1 Å². The first-order valence-corrected chi connectivity index (χ1v) is 5.51. The van der Waals surface area contributed by atoms with Gasteiger partial charge >= 0.3 is 5.69 Å². The van der Waals surface area contributed by atoms with Crippen molar-refractivity contribution in [2.24, 2.45) is 0 Å². The minimum atomic E-state index is -0.713. The second-order valence-corrected chi connectivity index (χ2v) is 3.86. The van der Waals surface area contributed by atoms with Gasteiger partial charge in [-0.05, 0) is 13.0 Å². The van der Waals surface area contributed by atoms with Crippen molar-refractivity contribution in [3.8, 4) is 11.5 Å². The van der Waals surface area contributed by atoms with E-state index in [0.29, 0.717) is 17.7 Å². The quantitative estimate of drug-likeness (QED) is 0.683. The Labute approximate surface area is 107 Å². The van der Waals surface area contributed by atoms with E-state index in [2.05, 4.69) is 4.98 Å². The topological polar surface area (TPSA) is 85.5 Å². The molecule has 7 heteroatoms. The summed E-state index contributed by atoms with van der Waals surface area (Å²) in [4.78, 5) is 14.0. The minimum absolute atomic E-state index is 0.0557. The number of benzene rings is 1. The van der Waals surface area contributed by atoms with E-state index in [9.17, 15) is 15.2 Å². The highest BCUT2D eigenvalue weighted by atomic mass is 35.5. The van der Waals surface area contributed by atoms with Crippen LogP contribution in [-0.4, -0.2) is 21.6 Å². The summed E-state index contributed by atoms with van der Waals surface area (Å²) in [7, 11) is 0. The third kappa shape index (κ3) is 1.91. The van der Waals surface area contributed by atoms with Gasteiger partial charge in [-0.15, -0.1) is 0 Å². The number of nitro benzene ring substituents is 1. The number of ether oxygens (including phenoxy) is 1. The van der Waals surface area contributed by atoms with E-state index >= 15 is 0 Å². The Morgan fingerprint density at radius 1 is 1.61 bits per heavy atom. The lowest BCUT2D eigenvalue weighted by Gasteiger charge is -2.09. The molecule has 1 heterocycles. The molecule has 0 atom stereocenters. The highest BCUT2D eigenvalue weighted by Gasteiger charge is 2.22. The lowest BCUT2D eigenvalue weighted by molar-refractivity contribution is -0.385. The number of halogens is 1. The average molecular weight is 269 g/mol. The fourth-order valence-electron chi connectivity index (χ4n) is 1.65. The van der Waals surface area contributed by atoms with Crippen LogP contribution in [0.3, 0.4) is 0 Å². The number of aromatic hydroxyl groups is 1. The van der Waals surface area contributed by atoms with Gasteiger partial charge < -0.3 is 9.84 Å². The van der Waals surface area contributed by atoms with Gasteiger partial charge in [-0.25, -0.2) is 0 Å². The second kappa shape index (κ2) is 4.66. The Kier molecular flexibility index (Phi) is 3.20. The molecule has 0 aliphatic heterocycles. The average Bonchev–Trinajstić information content (AvgIpc) is 2.33. The number of hydrogen-bond donors (Lipinski definition) is 1. The van der Waals surface area contributed by atoms with Crippen LogP contribution in [0.15, 0.2) is 18.3 Å². The Morgan fingerprint density at radius 3 is 2.94 bits per heavy atom. The molecule has 6 nitrogen and oxygen atoms in total. The molecule has 1 aromatic carbocycles. The molecule has 18 heavy (non-hydrogen) atoms. The first-order chi connectivity index (χ1) is 8.56. The van der Waals surface area contributed by atoms with Crippen molar-refractivity contribution >= 4 is 28.2 Å². The van der Waals surface area contributed by atoms with E-state index in [4.69, 9.17) is 16.3 Å². The highest BCUT2D eigenvalue weighted by Crippen LogP contribution is 2.41. The standard InChI is InChI=1S/C11H9ClN2O4/c1-2-18-8-3-4-13-10-9(8)6(12)5-7(11(10)15)14(16)17/h3-5,15H,2H2,1H3. The van der Waals surface area contributed by atoms with Crippen LogP contribution in [0, 0.1) is 10.1 Å². The molecule has 1 aromatic heterocycles. The molecular weight excluding hydrogens is 260 g/mol. The van der Waals surface area contributed by atoms with Crippen molar-refractivity contribution < 1.29 is 14.8 Å². The molecule has 0 spiro atoms. The number of fused-ring (bicyclic) bond motifs is 1. The fraction of sp³-hybridized carbons (Fsp3) is 0.182. The van der Waals surface area contributed by atoms with E-state index < -0.39 is 16.4 Å². The van der Waals surface area contributed by atoms with Crippen molar-refractivity contribution in [3.05, 3.63) is 33.5 Å². The molecule has 0 aliphatic carbocycles. The number of rotatable bonds is 3. The number of aromatic nitrogens is 1. The first kappa shape index (κ1) is 12.4. The Balaban J connectivity index is 2.83. The summed E-state index contributed by atoms with van der Waals surface area (Å²) < 4.78 is 5.35. The molecule has 0 aliphatic rings. The van der Waals surface area contributed by atoms with Crippen molar-refractivity contribution in [2.75, 3.05) is 6.61 Å². The Bertz CT molecular complexity index is 630. The second-order valence-electron chi connectivity index (χ2n) is 3.45. The summed E-state index contributed by atoms with van der Waals surface area (Å²) in [5.41, 5.74) is -0.422. The van der Waals surface area contributed by atoms with Gasteiger partial charge in [0, 0.05) is 12.3 Å². The lowest BCUT2D eigenvalue weighted by atomic mass is 10.1. The van der Waals surface area contributed by atoms with Crippen LogP contribution in [0.1, 0.15) is 6.92 Å². The molecule has 1 N–H and O–H groups in total. The van der Waals surface area contributed by atoms with Crippen LogP contribution in [0.4, 0.5) is 5.69 Å². The maximum atomic E-state index is 10.8. The van der Waals surface area contributed by atoms with Gasteiger partial charge in [0.2, 0.25) is 5.75 Å². The summed E-state index contributed by atoms with van der Waals surface area (Å²) in [6.45, 7) is 2.21. The number of pyridine rings is 1. The molecule has 0 saturated heterocycles. The summed E-state index contributed by atoms with van der Waals surface area (Å²) in [5, 5.41) is 21.1. The largest absolute Gasteiger partial charge is 0.501 e. The molecule has 0 amide bonds. The Morgan fingerprint density at radius 2 is 2.33 bits per heavy atom.